The van der Waals surface area contributed by atoms with Crippen LogP contribution < -0.4 is 0 Å². The summed E-state index contributed by atoms with van der Waals surface area (Å²) in [6, 6.07) is 10.8. The Hall–Kier alpha value is -2.42. The minimum Gasteiger partial charge on any atom is -0.477 e. The van der Waals surface area contributed by atoms with Crippen LogP contribution in [0.25, 0.3) is 21.2 Å². The smallest absolute Gasteiger partial charge is 0.354 e. The summed E-state index contributed by atoms with van der Waals surface area (Å²) in [7, 11) is 0. The van der Waals surface area contributed by atoms with E-state index in [1.54, 1.807) is 18.2 Å². The lowest BCUT2D eigenvalue weighted by atomic mass is 10.3. The Kier molecular flexibility index (Phi) is 4.16. The van der Waals surface area contributed by atoms with E-state index in [-0.39, 0.29) is 12.2 Å². The first-order valence-electron chi connectivity index (χ1n) is 7.16. The van der Waals surface area contributed by atoms with Crippen molar-refractivity contribution in [2.75, 3.05) is 0 Å². The summed E-state index contributed by atoms with van der Waals surface area (Å²) in [5.41, 5.74) is 1.32. The van der Waals surface area contributed by atoms with E-state index in [4.69, 9.17) is 16.1 Å². The van der Waals surface area contributed by atoms with Gasteiger partial charge >= 0.3 is 5.97 Å². The first-order chi connectivity index (χ1) is 12.1. The van der Waals surface area contributed by atoms with Crippen molar-refractivity contribution in [2.24, 2.45) is 0 Å². The van der Waals surface area contributed by atoms with Gasteiger partial charge in [0.05, 0.1) is 20.6 Å². The molecule has 4 heterocycles. The minimum absolute atomic E-state index is 0.104. The van der Waals surface area contributed by atoms with E-state index in [0.29, 0.717) is 21.5 Å². The zero-order chi connectivity index (χ0) is 17.4. The topological polar surface area (TPSA) is 81.1 Å². The molecule has 25 heavy (non-hydrogen) atoms. The van der Waals surface area contributed by atoms with Crippen molar-refractivity contribution in [3.8, 4) is 21.2 Å². The zero-order valence-electron chi connectivity index (χ0n) is 12.5. The van der Waals surface area contributed by atoms with Gasteiger partial charge in [-0.15, -0.1) is 22.7 Å². The predicted octanol–water partition coefficient (Wildman–Crippen LogP) is 4.73. The molecule has 6 nitrogen and oxygen atoms in total. The SMILES string of the molecule is O=C(O)c1cc(-c2cccs2)nn1Cc1cc(-c2ccc(Cl)s2)on1. The summed E-state index contributed by atoms with van der Waals surface area (Å²) in [6.45, 7) is 0.204. The number of aromatic nitrogens is 3. The van der Waals surface area contributed by atoms with E-state index >= 15 is 0 Å². The summed E-state index contributed by atoms with van der Waals surface area (Å²) in [5, 5.41) is 19.8. The van der Waals surface area contributed by atoms with Gasteiger partial charge in [-0.2, -0.15) is 5.10 Å². The Labute approximate surface area is 154 Å². The minimum atomic E-state index is -1.04. The molecule has 0 amide bonds. The van der Waals surface area contributed by atoms with Crippen LogP contribution in [0.15, 0.2) is 46.3 Å². The molecule has 0 atom stereocenters. The Balaban J connectivity index is 1.64. The van der Waals surface area contributed by atoms with Crippen LogP contribution >= 0.6 is 34.3 Å². The number of aromatic carboxylic acids is 1. The molecule has 0 spiro atoms. The molecular formula is C16H10ClN3O3S2. The van der Waals surface area contributed by atoms with E-state index in [2.05, 4.69) is 10.3 Å². The van der Waals surface area contributed by atoms with Gasteiger partial charge in [0.15, 0.2) is 5.76 Å². The third kappa shape index (κ3) is 3.23. The Morgan fingerprint density at radius 2 is 2.16 bits per heavy atom. The fourth-order valence-electron chi connectivity index (χ4n) is 2.36. The van der Waals surface area contributed by atoms with Gasteiger partial charge in [0.2, 0.25) is 0 Å². The van der Waals surface area contributed by atoms with Crippen LogP contribution in [-0.4, -0.2) is 26.0 Å². The molecule has 4 aromatic heterocycles. The van der Waals surface area contributed by atoms with Crippen molar-refractivity contribution in [1.82, 2.24) is 14.9 Å². The van der Waals surface area contributed by atoms with Crippen molar-refractivity contribution in [1.29, 1.82) is 0 Å². The third-order valence-corrected chi connectivity index (χ3v) is 5.60. The third-order valence-electron chi connectivity index (χ3n) is 3.46. The Bertz CT molecular complexity index is 1030. The summed E-state index contributed by atoms with van der Waals surface area (Å²) >= 11 is 8.83. The molecule has 126 valence electrons. The van der Waals surface area contributed by atoms with Crippen molar-refractivity contribution in [3.63, 3.8) is 0 Å². The second-order valence-electron chi connectivity index (χ2n) is 5.14. The molecule has 0 aliphatic carbocycles. The summed E-state index contributed by atoms with van der Waals surface area (Å²) in [5.74, 6) is -0.446. The fourth-order valence-corrected chi connectivity index (χ4v) is 4.03. The van der Waals surface area contributed by atoms with Crippen molar-refractivity contribution >= 4 is 40.2 Å². The van der Waals surface area contributed by atoms with Gasteiger partial charge < -0.3 is 9.63 Å². The number of hydrogen-bond acceptors (Lipinski definition) is 6. The first-order valence-corrected chi connectivity index (χ1v) is 9.24. The maximum atomic E-state index is 11.5. The van der Waals surface area contributed by atoms with Gasteiger partial charge in [-0.3, -0.25) is 4.68 Å². The lowest BCUT2D eigenvalue weighted by Crippen LogP contribution is -2.11. The maximum absolute atomic E-state index is 11.5. The Morgan fingerprint density at radius 3 is 2.84 bits per heavy atom. The van der Waals surface area contributed by atoms with Gasteiger partial charge in [-0.25, -0.2) is 4.79 Å². The quantitative estimate of drug-likeness (QED) is 0.532. The number of carboxylic acids is 1. The van der Waals surface area contributed by atoms with Crippen molar-refractivity contribution < 1.29 is 14.4 Å². The van der Waals surface area contributed by atoms with Gasteiger partial charge in [0.25, 0.3) is 0 Å². The molecule has 4 rings (SSSR count). The molecule has 0 fully saturated rings. The van der Waals surface area contributed by atoms with Crippen molar-refractivity contribution in [2.45, 2.75) is 6.54 Å². The summed E-state index contributed by atoms with van der Waals surface area (Å²) < 4.78 is 7.41. The van der Waals surface area contributed by atoms with Crippen LogP contribution in [-0.2, 0) is 6.54 Å². The zero-order valence-corrected chi connectivity index (χ0v) is 14.9. The molecule has 0 saturated carbocycles. The highest BCUT2D eigenvalue weighted by Gasteiger charge is 2.18. The summed E-state index contributed by atoms with van der Waals surface area (Å²) in [4.78, 5) is 13.3. The molecule has 0 radical (unpaired) electrons. The highest BCUT2D eigenvalue weighted by atomic mass is 35.5. The van der Waals surface area contributed by atoms with Crippen LogP contribution in [0.5, 0.6) is 0 Å². The first kappa shape index (κ1) is 16.1. The fraction of sp³-hybridized carbons (Fsp3) is 0.0625. The monoisotopic (exact) mass is 391 g/mol. The average Bonchev–Trinajstić information content (AvgIpc) is 3.34. The predicted molar refractivity (Wildman–Crippen MR) is 96.4 cm³/mol. The number of nitrogens with zero attached hydrogens (tertiary/aromatic N) is 3. The Morgan fingerprint density at radius 1 is 1.28 bits per heavy atom. The van der Waals surface area contributed by atoms with Crippen LogP contribution in [0.2, 0.25) is 4.34 Å². The lowest BCUT2D eigenvalue weighted by molar-refractivity contribution is 0.0684. The summed E-state index contributed by atoms with van der Waals surface area (Å²) in [6.07, 6.45) is 0. The standard InChI is InChI=1S/C16H10ClN3O3S2/c17-15-4-3-14(25-15)12-6-9(19-23-12)8-20-11(16(21)22)7-10(18-20)13-2-1-5-24-13/h1-7H,8H2,(H,21,22). The molecule has 0 unspecified atom stereocenters. The normalized spacial score (nSPS) is 11.1. The molecule has 4 aromatic rings. The van der Waals surface area contributed by atoms with Gasteiger partial charge in [-0.05, 0) is 29.6 Å². The number of carbonyl (C=O) groups is 1. The van der Waals surface area contributed by atoms with Crippen molar-refractivity contribution in [3.05, 3.63) is 57.5 Å². The number of thiophene rings is 2. The molecule has 1 N–H and O–H groups in total. The van der Waals surface area contributed by atoms with Gasteiger partial charge in [-0.1, -0.05) is 22.8 Å². The second-order valence-corrected chi connectivity index (χ2v) is 7.80. The maximum Gasteiger partial charge on any atom is 0.354 e. The number of halogens is 1. The number of hydrogen-bond donors (Lipinski definition) is 1. The van der Waals surface area contributed by atoms with Crippen LogP contribution in [0, 0.1) is 0 Å². The van der Waals surface area contributed by atoms with E-state index in [1.807, 2.05) is 23.6 Å². The van der Waals surface area contributed by atoms with Gasteiger partial charge in [0, 0.05) is 6.07 Å². The second kappa shape index (κ2) is 6.47. The average molecular weight is 392 g/mol. The van der Waals surface area contributed by atoms with E-state index in [9.17, 15) is 9.90 Å². The lowest BCUT2D eigenvalue weighted by Gasteiger charge is -2.00. The number of carboxylic acid groups (broad SMARTS) is 1. The van der Waals surface area contributed by atoms with E-state index < -0.39 is 5.97 Å². The van der Waals surface area contributed by atoms with E-state index in [0.717, 1.165) is 9.75 Å². The molecule has 9 heteroatoms. The van der Waals surface area contributed by atoms with Crippen LogP contribution in [0.3, 0.4) is 0 Å². The molecule has 0 saturated heterocycles. The van der Waals surface area contributed by atoms with Crippen LogP contribution in [0.4, 0.5) is 0 Å². The number of rotatable bonds is 5. The molecule has 0 aliphatic heterocycles. The molecule has 0 bridgehead atoms. The molecule has 0 aliphatic rings. The van der Waals surface area contributed by atoms with Crippen LogP contribution in [0.1, 0.15) is 16.2 Å². The molecule has 0 aromatic carbocycles. The molecular weight excluding hydrogens is 382 g/mol. The van der Waals surface area contributed by atoms with E-state index in [1.165, 1.54) is 27.4 Å². The van der Waals surface area contributed by atoms with Gasteiger partial charge in [0.1, 0.15) is 17.1 Å². The highest BCUT2D eigenvalue weighted by Crippen LogP contribution is 2.31. The highest BCUT2D eigenvalue weighted by molar-refractivity contribution is 7.19. The largest absolute Gasteiger partial charge is 0.477 e.